The number of rotatable bonds is 2. The standard InChI is InChI=1S/C20H25N5O3/c1-20(2,3)27-19(26)25-11-9-13(10-12-25)18-22-16(23-28-18)17-21-14-7-5-6-8-15(14)24(17)4/h5-8,13H,9-12H2,1-4H3. The van der Waals surface area contributed by atoms with Gasteiger partial charge < -0.3 is 18.7 Å². The van der Waals surface area contributed by atoms with Crippen LogP contribution >= 0.6 is 0 Å². The summed E-state index contributed by atoms with van der Waals surface area (Å²) >= 11 is 0. The molecule has 0 atom stereocenters. The first-order valence-corrected chi connectivity index (χ1v) is 9.55. The minimum Gasteiger partial charge on any atom is -0.444 e. The third kappa shape index (κ3) is 3.58. The highest BCUT2D eigenvalue weighted by Crippen LogP contribution is 2.29. The Hall–Kier alpha value is -2.90. The molecule has 0 saturated carbocycles. The van der Waals surface area contributed by atoms with Crippen LogP contribution in [-0.4, -0.2) is 49.4 Å². The number of hydrogen-bond acceptors (Lipinski definition) is 6. The van der Waals surface area contributed by atoms with Crippen molar-refractivity contribution in [3.8, 4) is 11.6 Å². The van der Waals surface area contributed by atoms with Crippen LogP contribution in [-0.2, 0) is 11.8 Å². The van der Waals surface area contributed by atoms with Gasteiger partial charge in [0.1, 0.15) is 5.60 Å². The van der Waals surface area contributed by atoms with E-state index in [4.69, 9.17) is 9.26 Å². The van der Waals surface area contributed by atoms with Crippen molar-refractivity contribution in [1.82, 2.24) is 24.6 Å². The third-order valence-electron chi connectivity index (χ3n) is 4.92. The summed E-state index contributed by atoms with van der Waals surface area (Å²) in [5.41, 5.74) is 1.44. The normalized spacial score (nSPS) is 15.9. The van der Waals surface area contributed by atoms with Crippen LogP contribution in [0.1, 0.15) is 45.4 Å². The quantitative estimate of drug-likeness (QED) is 0.670. The highest BCUT2D eigenvalue weighted by atomic mass is 16.6. The van der Waals surface area contributed by atoms with Gasteiger partial charge in [-0.05, 0) is 45.7 Å². The van der Waals surface area contributed by atoms with Crippen LogP contribution in [0.25, 0.3) is 22.7 Å². The number of imidazole rings is 1. The number of aromatic nitrogens is 4. The van der Waals surface area contributed by atoms with E-state index in [-0.39, 0.29) is 12.0 Å². The first-order valence-electron chi connectivity index (χ1n) is 9.55. The number of amides is 1. The molecule has 0 aliphatic carbocycles. The van der Waals surface area contributed by atoms with Crippen molar-refractivity contribution in [1.29, 1.82) is 0 Å². The zero-order chi connectivity index (χ0) is 19.9. The average Bonchev–Trinajstić information content (AvgIpc) is 3.26. The molecule has 3 heterocycles. The number of likely N-dealkylation sites (tertiary alicyclic amines) is 1. The summed E-state index contributed by atoms with van der Waals surface area (Å²) in [7, 11) is 1.94. The van der Waals surface area contributed by atoms with E-state index >= 15 is 0 Å². The number of para-hydroxylation sites is 2. The van der Waals surface area contributed by atoms with Crippen molar-refractivity contribution >= 4 is 17.1 Å². The van der Waals surface area contributed by atoms with E-state index in [1.165, 1.54) is 0 Å². The molecule has 28 heavy (non-hydrogen) atoms. The van der Waals surface area contributed by atoms with Gasteiger partial charge in [-0.3, -0.25) is 0 Å². The molecular weight excluding hydrogens is 358 g/mol. The van der Waals surface area contributed by atoms with Crippen LogP contribution in [0.2, 0.25) is 0 Å². The lowest BCUT2D eigenvalue weighted by Crippen LogP contribution is -2.41. The van der Waals surface area contributed by atoms with Gasteiger partial charge in [0.15, 0.2) is 5.82 Å². The Morgan fingerprint density at radius 3 is 2.57 bits per heavy atom. The number of ether oxygens (including phenoxy) is 1. The predicted molar refractivity (Wildman–Crippen MR) is 104 cm³/mol. The first-order chi connectivity index (χ1) is 13.3. The molecule has 1 aliphatic rings. The van der Waals surface area contributed by atoms with E-state index < -0.39 is 5.60 Å². The van der Waals surface area contributed by atoms with Gasteiger partial charge >= 0.3 is 6.09 Å². The summed E-state index contributed by atoms with van der Waals surface area (Å²) < 4.78 is 13.0. The highest BCUT2D eigenvalue weighted by Gasteiger charge is 2.30. The van der Waals surface area contributed by atoms with Crippen LogP contribution in [0.4, 0.5) is 4.79 Å². The molecule has 148 valence electrons. The van der Waals surface area contributed by atoms with Crippen molar-refractivity contribution < 1.29 is 14.1 Å². The Balaban J connectivity index is 1.45. The Morgan fingerprint density at radius 1 is 1.18 bits per heavy atom. The average molecular weight is 383 g/mol. The fraction of sp³-hybridized carbons (Fsp3) is 0.500. The van der Waals surface area contributed by atoms with Crippen LogP contribution in [0.3, 0.4) is 0 Å². The zero-order valence-corrected chi connectivity index (χ0v) is 16.7. The molecule has 1 aromatic carbocycles. The summed E-state index contributed by atoms with van der Waals surface area (Å²) in [6.45, 7) is 6.85. The molecule has 3 aromatic rings. The van der Waals surface area contributed by atoms with Gasteiger partial charge in [0.25, 0.3) is 0 Å². The van der Waals surface area contributed by atoms with E-state index in [9.17, 15) is 4.79 Å². The van der Waals surface area contributed by atoms with Gasteiger partial charge in [-0.2, -0.15) is 4.98 Å². The second-order valence-electron chi connectivity index (χ2n) is 8.18. The number of benzene rings is 1. The fourth-order valence-corrected chi connectivity index (χ4v) is 3.47. The van der Waals surface area contributed by atoms with Gasteiger partial charge in [-0.1, -0.05) is 17.3 Å². The molecule has 1 aliphatic heterocycles. The van der Waals surface area contributed by atoms with Gasteiger partial charge in [0, 0.05) is 26.1 Å². The molecule has 2 aromatic heterocycles. The minimum absolute atomic E-state index is 0.134. The Labute approximate surface area is 163 Å². The van der Waals surface area contributed by atoms with Crippen molar-refractivity contribution in [2.75, 3.05) is 13.1 Å². The van der Waals surface area contributed by atoms with Gasteiger partial charge in [0.05, 0.1) is 11.0 Å². The number of piperidine rings is 1. The Kier molecular flexibility index (Phi) is 4.56. The summed E-state index contributed by atoms with van der Waals surface area (Å²) in [6.07, 6.45) is 1.27. The lowest BCUT2D eigenvalue weighted by Gasteiger charge is -2.32. The number of fused-ring (bicyclic) bond motifs is 1. The molecule has 1 fully saturated rings. The van der Waals surface area contributed by atoms with Crippen molar-refractivity contribution in [3.05, 3.63) is 30.2 Å². The minimum atomic E-state index is -0.485. The number of aryl methyl sites for hydroxylation is 1. The molecule has 4 rings (SSSR count). The van der Waals surface area contributed by atoms with E-state index in [1.807, 2.05) is 56.7 Å². The Morgan fingerprint density at radius 2 is 1.89 bits per heavy atom. The molecule has 8 heteroatoms. The fourth-order valence-electron chi connectivity index (χ4n) is 3.47. The molecule has 0 spiro atoms. The molecule has 0 radical (unpaired) electrons. The topological polar surface area (TPSA) is 86.3 Å². The maximum Gasteiger partial charge on any atom is 0.410 e. The maximum atomic E-state index is 12.2. The smallest absolute Gasteiger partial charge is 0.410 e. The third-order valence-corrected chi connectivity index (χ3v) is 4.92. The van der Waals surface area contributed by atoms with Crippen LogP contribution in [0.15, 0.2) is 28.8 Å². The summed E-state index contributed by atoms with van der Waals surface area (Å²) in [5.74, 6) is 1.91. The second-order valence-corrected chi connectivity index (χ2v) is 8.18. The number of hydrogen-bond donors (Lipinski definition) is 0. The predicted octanol–water partition coefficient (Wildman–Crippen LogP) is 3.74. The van der Waals surface area contributed by atoms with Crippen LogP contribution in [0, 0.1) is 0 Å². The SMILES string of the molecule is Cn1c(-c2noc(C3CCN(C(=O)OC(C)(C)C)CC3)n2)nc2ccccc21. The molecule has 0 N–H and O–H groups in total. The van der Waals surface area contributed by atoms with Gasteiger partial charge in [-0.25, -0.2) is 9.78 Å². The highest BCUT2D eigenvalue weighted by molar-refractivity contribution is 5.79. The van der Waals surface area contributed by atoms with Crippen LogP contribution in [0.5, 0.6) is 0 Å². The summed E-state index contributed by atoms with van der Waals surface area (Å²) in [5, 5.41) is 4.15. The van der Waals surface area contributed by atoms with Gasteiger partial charge in [-0.15, -0.1) is 0 Å². The van der Waals surface area contributed by atoms with Crippen molar-refractivity contribution in [3.63, 3.8) is 0 Å². The largest absolute Gasteiger partial charge is 0.444 e. The van der Waals surface area contributed by atoms with Crippen molar-refractivity contribution in [2.45, 2.75) is 45.1 Å². The zero-order valence-electron chi connectivity index (χ0n) is 16.7. The summed E-state index contributed by atoms with van der Waals surface area (Å²) in [6, 6.07) is 7.92. The Bertz CT molecular complexity index is 993. The number of nitrogens with zero attached hydrogens (tertiary/aromatic N) is 5. The molecule has 0 bridgehead atoms. The summed E-state index contributed by atoms with van der Waals surface area (Å²) in [4.78, 5) is 23.2. The molecule has 0 unspecified atom stereocenters. The van der Waals surface area contributed by atoms with Gasteiger partial charge in [0.2, 0.25) is 11.7 Å². The maximum absolute atomic E-state index is 12.2. The van der Waals surface area contributed by atoms with E-state index in [2.05, 4.69) is 15.1 Å². The molecular formula is C20H25N5O3. The monoisotopic (exact) mass is 383 g/mol. The van der Waals surface area contributed by atoms with Crippen molar-refractivity contribution in [2.24, 2.45) is 7.05 Å². The van der Waals surface area contributed by atoms with E-state index in [0.717, 1.165) is 23.9 Å². The number of carbonyl (C=O) groups excluding carboxylic acids is 1. The van der Waals surface area contributed by atoms with E-state index in [0.29, 0.717) is 30.6 Å². The molecule has 1 amide bonds. The molecule has 8 nitrogen and oxygen atoms in total. The lowest BCUT2D eigenvalue weighted by atomic mass is 9.97. The van der Waals surface area contributed by atoms with Crippen LogP contribution < -0.4 is 0 Å². The molecule has 1 saturated heterocycles. The van der Waals surface area contributed by atoms with E-state index in [1.54, 1.807) is 4.90 Å². The first kappa shape index (κ1) is 18.5. The second kappa shape index (κ2) is 6.92. The lowest BCUT2D eigenvalue weighted by molar-refractivity contribution is 0.0198. The number of carbonyl (C=O) groups is 1.